The summed E-state index contributed by atoms with van der Waals surface area (Å²) in [6, 6.07) is 13.2. The summed E-state index contributed by atoms with van der Waals surface area (Å²) in [5.74, 6) is 2.05. The van der Waals surface area contributed by atoms with E-state index in [-0.39, 0.29) is 12.7 Å². The van der Waals surface area contributed by atoms with Gasteiger partial charge in [-0.1, -0.05) is 18.2 Å². The fraction of sp³-hybridized carbons (Fsp3) is 0.381. The number of nitrogens with two attached hydrogens (primary N) is 1. The van der Waals surface area contributed by atoms with Gasteiger partial charge < -0.3 is 19.9 Å². The summed E-state index contributed by atoms with van der Waals surface area (Å²) >= 11 is 0. The maximum atomic E-state index is 12.1. The number of fused-ring (bicyclic) bond motifs is 1. The number of nitrogens with zero attached hydrogens (tertiary/aromatic N) is 2. The van der Waals surface area contributed by atoms with Gasteiger partial charge in [0.2, 0.25) is 12.7 Å². The molecule has 2 heterocycles. The minimum atomic E-state index is -0.418. The summed E-state index contributed by atoms with van der Waals surface area (Å²) in [7, 11) is 1.62. The Kier molecular flexibility index (Phi) is 5.36. The molecule has 148 valence electrons. The Labute approximate surface area is 164 Å². The molecule has 2 aromatic rings. The normalized spacial score (nSPS) is 18.0. The standard InChI is InChI=1S/C21H25N3O4/c1-26-17-5-3-16(4-6-17)20(21(22)25)24-10-8-23(9-11-24)13-15-2-7-18-19(12-15)28-14-27-18/h2-7,12,20H,8-11,13-14H2,1H3,(H2,22,25). The average molecular weight is 383 g/mol. The van der Waals surface area contributed by atoms with Gasteiger partial charge in [0.25, 0.3) is 0 Å². The lowest BCUT2D eigenvalue weighted by Gasteiger charge is -2.38. The molecular weight excluding hydrogens is 358 g/mol. The van der Waals surface area contributed by atoms with Crippen LogP contribution in [-0.2, 0) is 11.3 Å². The zero-order valence-corrected chi connectivity index (χ0v) is 16.0. The molecule has 2 aliphatic rings. The van der Waals surface area contributed by atoms with Gasteiger partial charge in [0, 0.05) is 32.7 Å². The molecule has 0 aliphatic carbocycles. The highest BCUT2D eigenvalue weighted by Gasteiger charge is 2.29. The third-order valence-corrected chi connectivity index (χ3v) is 5.32. The molecule has 0 spiro atoms. The number of piperazine rings is 1. The molecule has 2 aromatic carbocycles. The number of rotatable bonds is 6. The van der Waals surface area contributed by atoms with Crippen molar-refractivity contribution in [3.05, 3.63) is 53.6 Å². The van der Waals surface area contributed by atoms with Crippen molar-refractivity contribution in [2.75, 3.05) is 40.1 Å². The fourth-order valence-corrected chi connectivity index (χ4v) is 3.82. The lowest BCUT2D eigenvalue weighted by Crippen LogP contribution is -2.49. The van der Waals surface area contributed by atoms with E-state index >= 15 is 0 Å². The van der Waals surface area contributed by atoms with Crippen LogP contribution in [-0.4, -0.2) is 55.8 Å². The summed E-state index contributed by atoms with van der Waals surface area (Å²) in [5, 5.41) is 0. The van der Waals surface area contributed by atoms with E-state index in [4.69, 9.17) is 19.9 Å². The van der Waals surface area contributed by atoms with Crippen molar-refractivity contribution in [1.82, 2.24) is 9.80 Å². The Hall–Kier alpha value is -2.77. The first-order valence-corrected chi connectivity index (χ1v) is 9.42. The van der Waals surface area contributed by atoms with E-state index in [0.29, 0.717) is 0 Å². The monoisotopic (exact) mass is 383 g/mol. The minimum absolute atomic E-state index is 0.289. The Morgan fingerprint density at radius 1 is 1.07 bits per heavy atom. The van der Waals surface area contributed by atoms with Gasteiger partial charge >= 0.3 is 0 Å². The van der Waals surface area contributed by atoms with Gasteiger partial charge in [0.1, 0.15) is 11.8 Å². The zero-order chi connectivity index (χ0) is 19.5. The number of ether oxygens (including phenoxy) is 3. The van der Waals surface area contributed by atoms with Crippen molar-refractivity contribution in [2.45, 2.75) is 12.6 Å². The van der Waals surface area contributed by atoms with Crippen molar-refractivity contribution in [3.63, 3.8) is 0 Å². The highest BCUT2D eigenvalue weighted by Crippen LogP contribution is 2.33. The van der Waals surface area contributed by atoms with Gasteiger partial charge in [0.05, 0.1) is 7.11 Å². The maximum absolute atomic E-state index is 12.1. The number of carbonyl (C=O) groups is 1. The molecule has 28 heavy (non-hydrogen) atoms. The molecule has 0 radical (unpaired) electrons. The Morgan fingerprint density at radius 2 is 1.79 bits per heavy atom. The second-order valence-electron chi connectivity index (χ2n) is 7.08. The maximum Gasteiger partial charge on any atom is 0.239 e. The number of methoxy groups -OCH3 is 1. The first kappa shape index (κ1) is 18.6. The molecule has 7 nitrogen and oxygen atoms in total. The molecule has 2 aliphatic heterocycles. The average Bonchev–Trinajstić information content (AvgIpc) is 3.18. The van der Waals surface area contributed by atoms with Crippen LogP contribution in [0.25, 0.3) is 0 Å². The molecule has 1 atom stereocenters. The quantitative estimate of drug-likeness (QED) is 0.819. The van der Waals surface area contributed by atoms with Gasteiger partial charge in [-0.25, -0.2) is 0 Å². The number of amides is 1. The lowest BCUT2D eigenvalue weighted by atomic mass is 10.0. The molecule has 1 amide bonds. The first-order chi connectivity index (χ1) is 13.6. The van der Waals surface area contributed by atoms with Crippen LogP contribution >= 0.6 is 0 Å². The Balaban J connectivity index is 1.38. The number of benzene rings is 2. The van der Waals surface area contributed by atoms with Crippen LogP contribution in [0.3, 0.4) is 0 Å². The van der Waals surface area contributed by atoms with Gasteiger partial charge in [-0.2, -0.15) is 0 Å². The van der Waals surface area contributed by atoms with E-state index < -0.39 is 6.04 Å². The van der Waals surface area contributed by atoms with Gasteiger partial charge in [-0.3, -0.25) is 14.6 Å². The number of carbonyl (C=O) groups excluding carboxylic acids is 1. The summed E-state index contributed by atoms with van der Waals surface area (Å²) < 4.78 is 16.0. The molecule has 1 saturated heterocycles. The van der Waals surface area contributed by atoms with Crippen molar-refractivity contribution < 1.29 is 19.0 Å². The summed E-state index contributed by atoms with van der Waals surface area (Å²) in [4.78, 5) is 16.7. The molecule has 1 fully saturated rings. The first-order valence-electron chi connectivity index (χ1n) is 9.42. The van der Waals surface area contributed by atoms with Crippen molar-refractivity contribution >= 4 is 5.91 Å². The largest absolute Gasteiger partial charge is 0.497 e. The molecule has 0 bridgehead atoms. The number of hydrogen-bond acceptors (Lipinski definition) is 6. The van der Waals surface area contributed by atoms with E-state index in [1.807, 2.05) is 36.4 Å². The van der Waals surface area contributed by atoms with Crippen molar-refractivity contribution in [2.24, 2.45) is 5.73 Å². The van der Waals surface area contributed by atoms with Crippen LogP contribution < -0.4 is 19.9 Å². The van der Waals surface area contributed by atoms with E-state index in [1.54, 1.807) is 7.11 Å². The summed E-state index contributed by atoms with van der Waals surface area (Å²) in [6.45, 7) is 4.43. The summed E-state index contributed by atoms with van der Waals surface area (Å²) in [6.07, 6.45) is 0. The minimum Gasteiger partial charge on any atom is -0.497 e. The van der Waals surface area contributed by atoms with Crippen LogP contribution in [0.4, 0.5) is 0 Å². The predicted octanol–water partition coefficient (Wildman–Crippen LogP) is 1.77. The molecular formula is C21H25N3O4. The lowest BCUT2D eigenvalue weighted by molar-refractivity contribution is -0.124. The summed E-state index contributed by atoms with van der Waals surface area (Å²) in [5.41, 5.74) is 7.82. The van der Waals surface area contributed by atoms with Crippen LogP contribution in [0, 0.1) is 0 Å². The molecule has 1 unspecified atom stereocenters. The smallest absolute Gasteiger partial charge is 0.239 e. The topological polar surface area (TPSA) is 77.3 Å². The highest BCUT2D eigenvalue weighted by atomic mass is 16.7. The third kappa shape index (κ3) is 3.90. The van der Waals surface area contributed by atoms with E-state index in [0.717, 1.165) is 55.5 Å². The van der Waals surface area contributed by atoms with Gasteiger partial charge in [-0.15, -0.1) is 0 Å². The number of hydrogen-bond donors (Lipinski definition) is 1. The zero-order valence-electron chi connectivity index (χ0n) is 16.0. The van der Waals surface area contributed by atoms with E-state index in [1.165, 1.54) is 5.56 Å². The molecule has 0 saturated carbocycles. The second-order valence-corrected chi connectivity index (χ2v) is 7.08. The second kappa shape index (κ2) is 8.08. The van der Waals surface area contributed by atoms with Crippen molar-refractivity contribution in [1.29, 1.82) is 0 Å². The molecule has 4 rings (SSSR count). The van der Waals surface area contributed by atoms with E-state index in [9.17, 15) is 4.79 Å². The van der Waals surface area contributed by atoms with Gasteiger partial charge in [0.15, 0.2) is 11.5 Å². The van der Waals surface area contributed by atoms with Gasteiger partial charge in [-0.05, 0) is 35.4 Å². The molecule has 7 heteroatoms. The predicted molar refractivity (Wildman–Crippen MR) is 104 cm³/mol. The fourth-order valence-electron chi connectivity index (χ4n) is 3.82. The molecule has 2 N–H and O–H groups in total. The molecule has 0 aromatic heterocycles. The van der Waals surface area contributed by atoms with Crippen LogP contribution in [0.5, 0.6) is 17.2 Å². The Bertz CT molecular complexity index is 832. The van der Waals surface area contributed by atoms with Crippen LogP contribution in [0.1, 0.15) is 17.2 Å². The van der Waals surface area contributed by atoms with Crippen molar-refractivity contribution in [3.8, 4) is 17.2 Å². The highest BCUT2D eigenvalue weighted by molar-refractivity contribution is 5.81. The van der Waals surface area contributed by atoms with Crippen LogP contribution in [0.2, 0.25) is 0 Å². The van der Waals surface area contributed by atoms with E-state index in [2.05, 4.69) is 15.9 Å². The number of primary amides is 1. The SMILES string of the molecule is COc1ccc(C(C(N)=O)N2CCN(Cc3ccc4c(c3)OCO4)CC2)cc1. The van der Waals surface area contributed by atoms with Crippen LogP contribution in [0.15, 0.2) is 42.5 Å². The third-order valence-electron chi connectivity index (χ3n) is 5.32. The Morgan fingerprint density at radius 3 is 2.46 bits per heavy atom.